The van der Waals surface area contributed by atoms with Crippen molar-refractivity contribution < 1.29 is 8.60 Å². The van der Waals surface area contributed by atoms with E-state index in [1.807, 2.05) is 6.07 Å². The standard InChI is InChI=1S/C26H27FN6OS/c1-17-28-21-9-4-3-8-20(21)26(32(17)2)11-13-33(14-12-26)25-30-22-10-15-35(34)23(22)24(31-25)29-19-7-5-6-18(27)16-19/h3-9,16,28H,1,10-15H2,2H3,(H,29,30,31). The average Bonchev–Trinajstić information content (AvgIpc) is 3.24. The van der Waals surface area contributed by atoms with Gasteiger partial charge >= 0.3 is 0 Å². The lowest BCUT2D eigenvalue weighted by atomic mass is 9.77. The van der Waals surface area contributed by atoms with E-state index in [0.29, 0.717) is 34.5 Å². The van der Waals surface area contributed by atoms with Crippen molar-refractivity contribution in [2.24, 2.45) is 0 Å². The average molecular weight is 491 g/mol. The van der Waals surface area contributed by atoms with Crippen molar-refractivity contribution in [3.8, 4) is 0 Å². The van der Waals surface area contributed by atoms with Crippen molar-refractivity contribution in [1.82, 2.24) is 14.9 Å². The van der Waals surface area contributed by atoms with Gasteiger partial charge in [0.2, 0.25) is 5.95 Å². The van der Waals surface area contributed by atoms with Crippen molar-refractivity contribution in [2.75, 3.05) is 41.4 Å². The van der Waals surface area contributed by atoms with Gasteiger partial charge < -0.3 is 20.4 Å². The number of benzene rings is 2. The van der Waals surface area contributed by atoms with Crippen molar-refractivity contribution in [3.05, 3.63) is 78.0 Å². The molecule has 0 saturated carbocycles. The summed E-state index contributed by atoms with van der Waals surface area (Å²) in [5.41, 5.74) is 3.64. The Kier molecular flexibility index (Phi) is 5.25. The van der Waals surface area contributed by atoms with Gasteiger partial charge in [-0.3, -0.25) is 4.21 Å². The Hall–Kier alpha value is -3.46. The van der Waals surface area contributed by atoms with Gasteiger partial charge in [-0.1, -0.05) is 30.8 Å². The van der Waals surface area contributed by atoms with E-state index in [4.69, 9.17) is 9.97 Å². The Morgan fingerprint density at radius 1 is 1.14 bits per heavy atom. The Bertz CT molecular complexity index is 1350. The zero-order chi connectivity index (χ0) is 24.2. The fourth-order valence-corrected chi connectivity index (χ4v) is 6.78. The molecule has 180 valence electrons. The van der Waals surface area contributed by atoms with Gasteiger partial charge in [-0.05, 0) is 37.1 Å². The van der Waals surface area contributed by atoms with Gasteiger partial charge in [0.1, 0.15) is 10.7 Å². The van der Waals surface area contributed by atoms with E-state index in [1.54, 1.807) is 12.1 Å². The highest BCUT2D eigenvalue weighted by Gasteiger charge is 2.45. The maximum Gasteiger partial charge on any atom is 0.227 e. The summed E-state index contributed by atoms with van der Waals surface area (Å²) in [6, 6.07) is 14.7. The normalized spacial score (nSPS) is 20.4. The van der Waals surface area contributed by atoms with Crippen LogP contribution in [0.3, 0.4) is 0 Å². The highest BCUT2D eigenvalue weighted by Crippen LogP contribution is 2.46. The van der Waals surface area contributed by atoms with Gasteiger partial charge in [0, 0.05) is 49.2 Å². The number of hydrogen-bond acceptors (Lipinski definition) is 7. The van der Waals surface area contributed by atoms with E-state index < -0.39 is 10.8 Å². The zero-order valence-corrected chi connectivity index (χ0v) is 20.4. The number of fused-ring (bicyclic) bond motifs is 3. The van der Waals surface area contributed by atoms with Crippen LogP contribution in [-0.2, 0) is 22.8 Å². The molecule has 4 heterocycles. The van der Waals surface area contributed by atoms with Crippen LogP contribution in [0.5, 0.6) is 0 Å². The number of para-hydroxylation sites is 1. The summed E-state index contributed by atoms with van der Waals surface area (Å²) in [7, 11) is 0.933. The molecule has 2 N–H and O–H groups in total. The van der Waals surface area contributed by atoms with Gasteiger partial charge in [-0.15, -0.1) is 0 Å². The van der Waals surface area contributed by atoms with Crippen molar-refractivity contribution >= 4 is 33.9 Å². The molecule has 9 heteroatoms. The van der Waals surface area contributed by atoms with Crippen molar-refractivity contribution in [2.45, 2.75) is 29.7 Å². The number of rotatable bonds is 3. The SMILES string of the molecule is C=C1Nc2ccccc2C2(CCN(c3nc4c(c(Nc5cccc(F)c5)n3)S(=O)CC4)CC2)N1C. The maximum absolute atomic E-state index is 13.8. The second kappa shape index (κ2) is 8.34. The molecule has 2 aromatic carbocycles. The van der Waals surface area contributed by atoms with Gasteiger partial charge in [-0.2, -0.15) is 4.98 Å². The van der Waals surface area contributed by atoms with E-state index >= 15 is 0 Å². The van der Waals surface area contributed by atoms with Crippen LogP contribution in [0.1, 0.15) is 24.1 Å². The summed E-state index contributed by atoms with van der Waals surface area (Å²) in [5.74, 6) is 2.22. The first-order chi connectivity index (χ1) is 16.9. The zero-order valence-electron chi connectivity index (χ0n) is 19.6. The third-order valence-corrected chi connectivity index (χ3v) is 8.85. The lowest BCUT2D eigenvalue weighted by Crippen LogP contribution is -2.54. The molecule has 35 heavy (non-hydrogen) atoms. The molecule has 1 saturated heterocycles. The van der Waals surface area contributed by atoms with Crippen LogP contribution in [0, 0.1) is 5.82 Å². The molecular weight excluding hydrogens is 463 g/mol. The molecule has 0 aliphatic carbocycles. The molecule has 0 amide bonds. The van der Waals surface area contributed by atoms with E-state index in [2.05, 4.69) is 52.3 Å². The molecule has 1 unspecified atom stereocenters. The number of aromatic nitrogens is 2. The number of nitrogens with one attached hydrogen (secondary N) is 2. The molecule has 3 aliphatic heterocycles. The molecule has 6 rings (SSSR count). The summed E-state index contributed by atoms with van der Waals surface area (Å²) in [4.78, 5) is 14.7. The Balaban J connectivity index is 1.32. The summed E-state index contributed by atoms with van der Waals surface area (Å²) in [6.07, 6.45) is 2.43. The Labute approximate surface area is 206 Å². The first kappa shape index (κ1) is 22.0. The van der Waals surface area contributed by atoms with Crippen LogP contribution < -0.4 is 15.5 Å². The van der Waals surface area contributed by atoms with Crippen LogP contribution in [-0.4, -0.2) is 45.0 Å². The van der Waals surface area contributed by atoms with Gasteiger partial charge in [-0.25, -0.2) is 9.37 Å². The van der Waals surface area contributed by atoms with Crippen LogP contribution in [0.2, 0.25) is 0 Å². The summed E-state index contributed by atoms with van der Waals surface area (Å²) >= 11 is 0. The Morgan fingerprint density at radius 3 is 2.74 bits per heavy atom. The van der Waals surface area contributed by atoms with Gasteiger partial charge in [0.15, 0.2) is 5.82 Å². The number of piperidine rings is 1. The second-order valence-electron chi connectivity index (χ2n) is 9.28. The van der Waals surface area contributed by atoms with E-state index in [1.165, 1.54) is 17.7 Å². The molecule has 0 radical (unpaired) electrons. The van der Waals surface area contributed by atoms with Crippen LogP contribution >= 0.6 is 0 Å². The van der Waals surface area contributed by atoms with Crippen molar-refractivity contribution in [1.29, 1.82) is 0 Å². The number of nitrogens with zero attached hydrogens (tertiary/aromatic N) is 4. The maximum atomic E-state index is 13.8. The molecule has 1 atom stereocenters. The largest absolute Gasteiger partial charge is 0.352 e. The minimum Gasteiger partial charge on any atom is -0.352 e. The first-order valence-corrected chi connectivity index (χ1v) is 13.1. The lowest BCUT2D eigenvalue weighted by molar-refractivity contribution is 0.119. The fraction of sp³-hybridized carbons (Fsp3) is 0.308. The van der Waals surface area contributed by atoms with Crippen molar-refractivity contribution in [3.63, 3.8) is 0 Å². The molecule has 3 aliphatic rings. The van der Waals surface area contributed by atoms with Gasteiger partial charge in [0.25, 0.3) is 0 Å². The number of halogens is 1. The quantitative estimate of drug-likeness (QED) is 0.566. The minimum absolute atomic E-state index is 0.143. The lowest BCUT2D eigenvalue weighted by Gasteiger charge is -2.52. The number of anilines is 4. The number of hydrogen-bond donors (Lipinski definition) is 2. The fourth-order valence-electron chi connectivity index (χ4n) is 5.47. The third kappa shape index (κ3) is 3.65. The minimum atomic E-state index is -1.17. The van der Waals surface area contributed by atoms with E-state index in [-0.39, 0.29) is 11.4 Å². The van der Waals surface area contributed by atoms with Crippen LogP contribution in [0.4, 0.5) is 27.5 Å². The second-order valence-corrected chi connectivity index (χ2v) is 10.8. The summed E-state index contributed by atoms with van der Waals surface area (Å²) in [6.45, 7) is 5.78. The van der Waals surface area contributed by atoms with Gasteiger partial charge in [0.05, 0.1) is 27.9 Å². The topological polar surface area (TPSA) is 73.4 Å². The van der Waals surface area contributed by atoms with E-state index in [9.17, 15) is 8.60 Å². The van der Waals surface area contributed by atoms with Crippen LogP contribution in [0.15, 0.2) is 65.8 Å². The Morgan fingerprint density at radius 2 is 1.94 bits per heavy atom. The smallest absolute Gasteiger partial charge is 0.227 e. The summed E-state index contributed by atoms with van der Waals surface area (Å²) in [5, 5.41) is 6.62. The summed E-state index contributed by atoms with van der Waals surface area (Å²) < 4.78 is 26.5. The highest BCUT2D eigenvalue weighted by atomic mass is 32.2. The molecule has 1 fully saturated rings. The van der Waals surface area contributed by atoms with Crippen LogP contribution in [0.25, 0.3) is 0 Å². The predicted octanol–water partition coefficient (Wildman–Crippen LogP) is 4.35. The first-order valence-electron chi connectivity index (χ1n) is 11.8. The highest BCUT2D eigenvalue weighted by molar-refractivity contribution is 7.85. The molecule has 1 aromatic heterocycles. The molecule has 0 bridgehead atoms. The molecule has 3 aromatic rings. The van der Waals surface area contributed by atoms with E-state index in [0.717, 1.165) is 43.1 Å². The third-order valence-electron chi connectivity index (χ3n) is 7.39. The molecule has 7 nitrogen and oxygen atoms in total. The molecule has 1 spiro atoms. The number of aryl methyl sites for hydroxylation is 1. The predicted molar refractivity (Wildman–Crippen MR) is 137 cm³/mol. The molecular formula is C26H27FN6OS. The monoisotopic (exact) mass is 490 g/mol.